The van der Waals surface area contributed by atoms with Gasteiger partial charge in [0.2, 0.25) is 0 Å². The summed E-state index contributed by atoms with van der Waals surface area (Å²) >= 11 is 6.13. The number of piperazine rings is 1. The van der Waals surface area contributed by atoms with Gasteiger partial charge in [-0.25, -0.2) is 4.79 Å². The molecular formula is C32H32ClN3O3. The van der Waals surface area contributed by atoms with Crippen molar-refractivity contribution < 1.29 is 14.6 Å². The zero-order chi connectivity index (χ0) is 26.8. The summed E-state index contributed by atoms with van der Waals surface area (Å²) in [6, 6.07) is 21.4. The molecule has 1 fully saturated rings. The van der Waals surface area contributed by atoms with Gasteiger partial charge in [-0.2, -0.15) is 0 Å². The number of benzene rings is 3. The average Bonchev–Trinajstić information content (AvgIpc) is 3.44. The van der Waals surface area contributed by atoms with E-state index in [0.29, 0.717) is 11.5 Å². The molecule has 6 nitrogen and oxygen atoms in total. The van der Waals surface area contributed by atoms with Gasteiger partial charge >= 0.3 is 5.97 Å². The summed E-state index contributed by atoms with van der Waals surface area (Å²) < 4.78 is 6.20. The van der Waals surface area contributed by atoms with Crippen molar-refractivity contribution in [3.63, 3.8) is 0 Å². The normalized spacial score (nSPS) is 16.6. The fraction of sp³-hybridized carbons (Fsp3) is 0.281. The first-order chi connectivity index (χ1) is 19.0. The molecule has 0 radical (unpaired) electrons. The highest BCUT2D eigenvalue weighted by Crippen LogP contribution is 2.36. The Bertz CT molecular complexity index is 1520. The zero-order valence-electron chi connectivity index (χ0n) is 21.8. The number of hydrogen-bond donors (Lipinski definition) is 2. The number of carboxylic acids is 1. The number of H-pyrrole nitrogens is 1. The topological polar surface area (TPSA) is 68.8 Å². The molecule has 0 saturated carbocycles. The van der Waals surface area contributed by atoms with Gasteiger partial charge in [-0.05, 0) is 79.3 Å². The highest BCUT2D eigenvalue weighted by molar-refractivity contribution is 6.30. The van der Waals surface area contributed by atoms with Crippen molar-refractivity contribution in [2.45, 2.75) is 25.7 Å². The molecule has 0 unspecified atom stereocenters. The number of hydrogen-bond acceptors (Lipinski definition) is 4. The lowest BCUT2D eigenvalue weighted by Crippen LogP contribution is -2.47. The maximum absolute atomic E-state index is 12.0. The molecule has 6 rings (SSSR count). The minimum Gasteiger partial charge on any atom is -0.478 e. The number of nitrogens with one attached hydrogen (secondary N) is 1. The predicted molar refractivity (Wildman–Crippen MR) is 157 cm³/mol. The lowest BCUT2D eigenvalue weighted by molar-refractivity contribution is 0.0694. The second-order valence-corrected chi connectivity index (χ2v) is 10.8. The molecule has 0 amide bonds. The van der Waals surface area contributed by atoms with Gasteiger partial charge in [-0.1, -0.05) is 35.4 Å². The Morgan fingerprint density at radius 1 is 0.923 bits per heavy atom. The number of rotatable bonds is 7. The van der Waals surface area contributed by atoms with Crippen LogP contribution in [0.15, 0.2) is 78.5 Å². The Hall–Kier alpha value is -3.74. The number of fused-ring (bicyclic) bond motifs is 1. The van der Waals surface area contributed by atoms with Gasteiger partial charge in [0.05, 0.1) is 0 Å². The SMILES string of the molecule is O=C(O)c1ccc(N2CCN(CC3=C(c4ccc(Cl)cc4)CCCC3)CC2)cc1Oc1cccc2[nH]ccc12. The molecule has 2 aliphatic rings. The van der Waals surface area contributed by atoms with Crippen LogP contribution in [0.4, 0.5) is 5.69 Å². The molecule has 1 saturated heterocycles. The van der Waals surface area contributed by atoms with Crippen LogP contribution in [0.3, 0.4) is 0 Å². The lowest BCUT2D eigenvalue weighted by Gasteiger charge is -2.37. The molecule has 1 aliphatic carbocycles. The molecule has 0 atom stereocenters. The van der Waals surface area contributed by atoms with Gasteiger partial charge in [-0.3, -0.25) is 4.90 Å². The Morgan fingerprint density at radius 2 is 1.72 bits per heavy atom. The highest BCUT2D eigenvalue weighted by Gasteiger charge is 2.23. The third-order valence-electron chi connectivity index (χ3n) is 7.90. The Morgan fingerprint density at radius 3 is 2.51 bits per heavy atom. The molecule has 39 heavy (non-hydrogen) atoms. The molecule has 2 N–H and O–H groups in total. The average molecular weight is 542 g/mol. The lowest BCUT2D eigenvalue weighted by atomic mass is 9.87. The minimum atomic E-state index is -1.00. The largest absolute Gasteiger partial charge is 0.478 e. The number of carbonyl (C=O) groups is 1. The highest BCUT2D eigenvalue weighted by atomic mass is 35.5. The maximum atomic E-state index is 12.0. The van der Waals surface area contributed by atoms with Crippen LogP contribution in [0, 0.1) is 0 Å². The van der Waals surface area contributed by atoms with Crippen molar-refractivity contribution >= 4 is 39.7 Å². The van der Waals surface area contributed by atoms with Crippen molar-refractivity contribution in [1.82, 2.24) is 9.88 Å². The first kappa shape index (κ1) is 25.5. The van der Waals surface area contributed by atoms with Crippen LogP contribution in [0.1, 0.15) is 41.6 Å². The fourth-order valence-corrected chi connectivity index (χ4v) is 5.93. The summed E-state index contributed by atoms with van der Waals surface area (Å²) in [6.07, 6.45) is 6.63. The fourth-order valence-electron chi connectivity index (χ4n) is 5.81. The van der Waals surface area contributed by atoms with Crippen molar-refractivity contribution in [1.29, 1.82) is 0 Å². The van der Waals surface area contributed by atoms with Gasteiger partial charge < -0.3 is 19.7 Å². The molecule has 0 spiro atoms. The first-order valence-electron chi connectivity index (χ1n) is 13.6. The van der Waals surface area contributed by atoms with Crippen LogP contribution in [0.2, 0.25) is 5.02 Å². The van der Waals surface area contributed by atoms with Gasteiger partial charge in [0.25, 0.3) is 0 Å². The minimum absolute atomic E-state index is 0.156. The molecule has 4 aromatic rings. The van der Waals surface area contributed by atoms with Crippen LogP contribution in [-0.4, -0.2) is 53.7 Å². The summed E-state index contributed by atoms with van der Waals surface area (Å²) in [6.45, 7) is 4.66. The van der Waals surface area contributed by atoms with Crippen molar-refractivity contribution in [2.24, 2.45) is 0 Å². The van der Waals surface area contributed by atoms with E-state index in [2.05, 4.69) is 26.9 Å². The Kier molecular flexibility index (Phi) is 7.31. The van der Waals surface area contributed by atoms with Crippen molar-refractivity contribution in [2.75, 3.05) is 37.6 Å². The maximum Gasteiger partial charge on any atom is 0.339 e. The number of carboxylic acid groups (broad SMARTS) is 1. The van der Waals surface area contributed by atoms with E-state index in [1.165, 1.54) is 24.0 Å². The van der Waals surface area contributed by atoms with Crippen LogP contribution >= 0.6 is 11.6 Å². The second-order valence-electron chi connectivity index (χ2n) is 10.3. The summed E-state index contributed by atoms with van der Waals surface area (Å²) in [5.41, 5.74) is 6.43. The van der Waals surface area contributed by atoms with Crippen molar-refractivity contribution in [3.05, 3.63) is 94.6 Å². The van der Waals surface area contributed by atoms with Gasteiger partial charge in [-0.15, -0.1) is 0 Å². The first-order valence-corrected chi connectivity index (χ1v) is 14.0. The van der Waals surface area contributed by atoms with E-state index in [1.54, 1.807) is 11.6 Å². The third kappa shape index (κ3) is 5.54. The number of anilines is 1. The van der Waals surface area contributed by atoms with E-state index in [1.807, 2.05) is 54.7 Å². The Balaban J connectivity index is 1.17. The molecule has 2 heterocycles. The monoisotopic (exact) mass is 541 g/mol. The molecule has 200 valence electrons. The molecule has 3 aromatic carbocycles. The summed E-state index contributed by atoms with van der Waals surface area (Å²) in [5.74, 6) is -0.00794. The molecule has 7 heteroatoms. The van der Waals surface area contributed by atoms with E-state index < -0.39 is 5.97 Å². The van der Waals surface area contributed by atoms with Crippen LogP contribution in [-0.2, 0) is 0 Å². The number of allylic oxidation sites excluding steroid dienone is 1. The quantitative estimate of drug-likeness (QED) is 0.254. The Labute approximate surface area is 233 Å². The summed E-state index contributed by atoms with van der Waals surface area (Å²) in [7, 11) is 0. The van der Waals surface area contributed by atoms with Crippen LogP contribution in [0.5, 0.6) is 11.5 Å². The summed E-state index contributed by atoms with van der Waals surface area (Å²) in [5, 5.41) is 11.5. The van der Waals surface area contributed by atoms with E-state index in [0.717, 1.165) is 67.2 Å². The molecule has 1 aliphatic heterocycles. The van der Waals surface area contributed by atoms with E-state index in [9.17, 15) is 9.90 Å². The third-order valence-corrected chi connectivity index (χ3v) is 8.15. The number of aromatic carboxylic acids is 1. The molecule has 1 aromatic heterocycles. The zero-order valence-corrected chi connectivity index (χ0v) is 22.6. The number of halogens is 1. The standard InChI is InChI=1S/C32H32ClN3O3/c33-24-10-8-22(9-11-24)26-5-2-1-4-23(26)21-35-16-18-36(19-17-35)25-12-13-28(32(37)38)31(20-25)39-30-7-3-6-29-27(30)14-15-34-29/h3,6-15,20,34H,1-2,4-5,16-19,21H2,(H,37,38). The summed E-state index contributed by atoms with van der Waals surface area (Å²) in [4.78, 5) is 20.0. The number of ether oxygens (including phenoxy) is 1. The number of aromatic amines is 1. The smallest absolute Gasteiger partial charge is 0.339 e. The molecular weight excluding hydrogens is 510 g/mol. The number of nitrogens with zero attached hydrogens (tertiary/aromatic N) is 2. The number of aromatic nitrogens is 1. The van der Waals surface area contributed by atoms with Crippen LogP contribution in [0.25, 0.3) is 16.5 Å². The van der Waals surface area contributed by atoms with E-state index in [4.69, 9.17) is 16.3 Å². The van der Waals surface area contributed by atoms with E-state index >= 15 is 0 Å². The van der Waals surface area contributed by atoms with Crippen LogP contribution < -0.4 is 9.64 Å². The second kappa shape index (κ2) is 11.2. The predicted octanol–water partition coefficient (Wildman–Crippen LogP) is 7.46. The van der Waals surface area contributed by atoms with Gasteiger partial charge in [0.1, 0.15) is 17.1 Å². The van der Waals surface area contributed by atoms with E-state index in [-0.39, 0.29) is 5.56 Å². The van der Waals surface area contributed by atoms with Gasteiger partial charge in [0, 0.05) is 66.6 Å². The van der Waals surface area contributed by atoms with Crippen molar-refractivity contribution in [3.8, 4) is 11.5 Å². The molecule has 0 bridgehead atoms. The van der Waals surface area contributed by atoms with Gasteiger partial charge in [0.15, 0.2) is 0 Å².